The van der Waals surface area contributed by atoms with Crippen molar-refractivity contribution in [2.75, 3.05) is 11.7 Å². The highest BCUT2D eigenvalue weighted by Gasteiger charge is 2.20. The summed E-state index contributed by atoms with van der Waals surface area (Å²) in [6, 6.07) is 15.5. The Hall–Kier alpha value is -3.71. The summed E-state index contributed by atoms with van der Waals surface area (Å²) < 4.78 is 11.9. The molecule has 1 aliphatic rings. The van der Waals surface area contributed by atoms with Crippen LogP contribution in [0.2, 0.25) is 0 Å². The van der Waals surface area contributed by atoms with E-state index in [2.05, 4.69) is 24.9 Å². The number of amides is 1. The van der Waals surface area contributed by atoms with Gasteiger partial charge in [-0.25, -0.2) is 4.98 Å². The number of hydrogen-bond acceptors (Lipinski definition) is 6. The number of benzene rings is 2. The van der Waals surface area contributed by atoms with Crippen LogP contribution in [0.3, 0.4) is 0 Å². The lowest BCUT2D eigenvalue weighted by atomic mass is 10.1. The fourth-order valence-electron chi connectivity index (χ4n) is 3.65. The summed E-state index contributed by atoms with van der Waals surface area (Å²) in [7, 11) is 0. The van der Waals surface area contributed by atoms with Gasteiger partial charge in [-0.05, 0) is 66.9 Å². The first-order chi connectivity index (χ1) is 15.6. The van der Waals surface area contributed by atoms with E-state index in [1.807, 2.05) is 42.5 Å². The molecule has 4 aromatic rings. The molecule has 32 heavy (non-hydrogen) atoms. The minimum Gasteiger partial charge on any atom is -0.454 e. The average molecular weight is 444 g/mol. The molecule has 0 radical (unpaired) electrons. The lowest BCUT2D eigenvalue weighted by Crippen LogP contribution is -2.29. The summed E-state index contributed by atoms with van der Waals surface area (Å²) in [5.74, 6) is 1.23. The van der Waals surface area contributed by atoms with Crippen LogP contribution in [-0.4, -0.2) is 22.7 Å². The van der Waals surface area contributed by atoms with Crippen molar-refractivity contribution in [1.29, 1.82) is 0 Å². The summed E-state index contributed by atoms with van der Waals surface area (Å²) in [6.07, 6.45) is 5.06. The van der Waals surface area contributed by atoms with E-state index < -0.39 is 0 Å². The Morgan fingerprint density at radius 3 is 2.84 bits per heavy atom. The van der Waals surface area contributed by atoms with Crippen LogP contribution in [0.1, 0.15) is 22.4 Å². The zero-order valence-electron chi connectivity index (χ0n) is 17.7. The Morgan fingerprint density at radius 2 is 2.00 bits per heavy atom. The van der Waals surface area contributed by atoms with Crippen LogP contribution in [0.15, 0.2) is 60.8 Å². The van der Waals surface area contributed by atoms with E-state index in [1.54, 1.807) is 23.2 Å². The summed E-state index contributed by atoms with van der Waals surface area (Å²) in [5.41, 5.74) is 4.86. The van der Waals surface area contributed by atoms with Crippen molar-refractivity contribution in [3.05, 3.63) is 83.2 Å². The van der Waals surface area contributed by atoms with Gasteiger partial charge in [-0.2, -0.15) is 0 Å². The molecule has 0 fully saturated rings. The van der Waals surface area contributed by atoms with E-state index in [0.29, 0.717) is 23.2 Å². The zero-order chi connectivity index (χ0) is 22.1. The number of fused-ring (bicyclic) bond motifs is 2. The summed E-state index contributed by atoms with van der Waals surface area (Å²) in [5, 5.41) is 0.652. The Labute approximate surface area is 189 Å². The number of aromatic nitrogens is 2. The highest BCUT2D eigenvalue weighted by atomic mass is 32.1. The van der Waals surface area contributed by atoms with Crippen molar-refractivity contribution in [1.82, 2.24) is 9.97 Å². The second-order valence-electron chi connectivity index (χ2n) is 7.62. The zero-order valence-corrected chi connectivity index (χ0v) is 18.6. The van der Waals surface area contributed by atoms with Crippen molar-refractivity contribution in [3.63, 3.8) is 0 Å². The van der Waals surface area contributed by atoms with Crippen molar-refractivity contribution < 1.29 is 14.3 Å². The minimum atomic E-state index is -0.165. The molecule has 0 bridgehead atoms. The van der Waals surface area contributed by atoms with Gasteiger partial charge >= 0.3 is 0 Å². The highest BCUT2D eigenvalue weighted by Crippen LogP contribution is 2.34. The van der Waals surface area contributed by atoms with E-state index >= 15 is 0 Å². The molecular weight excluding hydrogens is 422 g/mol. The Kier molecular flexibility index (Phi) is 5.33. The number of hydrogen-bond donors (Lipinski definition) is 0. The molecule has 0 spiro atoms. The lowest BCUT2D eigenvalue weighted by Gasteiger charge is -2.17. The number of aryl methyl sites for hydroxylation is 2. The molecule has 1 amide bonds. The van der Waals surface area contributed by atoms with E-state index in [0.717, 1.165) is 32.6 Å². The molecular formula is C25H21N3O3S. The van der Waals surface area contributed by atoms with Crippen molar-refractivity contribution in [2.24, 2.45) is 0 Å². The molecule has 5 rings (SSSR count). The van der Waals surface area contributed by atoms with Gasteiger partial charge in [0.05, 0.1) is 22.5 Å². The number of ether oxygens (including phenoxy) is 2. The van der Waals surface area contributed by atoms with E-state index in [9.17, 15) is 4.79 Å². The lowest BCUT2D eigenvalue weighted by molar-refractivity contribution is -0.114. The Balaban J connectivity index is 1.48. The van der Waals surface area contributed by atoms with Crippen LogP contribution in [-0.2, 0) is 11.3 Å². The largest absolute Gasteiger partial charge is 0.454 e. The number of thiazole rings is 1. The smallest absolute Gasteiger partial charge is 0.253 e. The molecule has 0 saturated heterocycles. The molecule has 6 nitrogen and oxygen atoms in total. The Morgan fingerprint density at radius 1 is 1.12 bits per heavy atom. The maximum absolute atomic E-state index is 13.3. The second kappa shape index (κ2) is 8.43. The molecule has 0 saturated carbocycles. The highest BCUT2D eigenvalue weighted by molar-refractivity contribution is 7.22. The number of anilines is 1. The van der Waals surface area contributed by atoms with Crippen LogP contribution in [0, 0.1) is 13.8 Å². The number of nitrogens with zero attached hydrogens (tertiary/aromatic N) is 3. The standard InChI is InChI=1S/C25H21N3O3S/c1-16-11-17(2)24-20(12-16)27-25(32-24)28(14-19-5-3-4-10-26-19)23(29)9-7-18-6-8-21-22(13-18)31-15-30-21/h3-13H,14-15H2,1-2H3/b9-7+. The van der Waals surface area contributed by atoms with Gasteiger partial charge in [0.1, 0.15) is 0 Å². The van der Waals surface area contributed by atoms with Gasteiger partial charge in [-0.15, -0.1) is 0 Å². The van der Waals surface area contributed by atoms with Crippen LogP contribution < -0.4 is 14.4 Å². The number of carbonyl (C=O) groups is 1. The predicted octanol–water partition coefficient (Wildman–Crippen LogP) is 5.28. The predicted molar refractivity (Wildman–Crippen MR) is 126 cm³/mol. The fourth-order valence-corrected chi connectivity index (χ4v) is 4.67. The third-order valence-electron chi connectivity index (χ3n) is 5.17. The van der Waals surface area contributed by atoms with Gasteiger partial charge in [-0.1, -0.05) is 29.5 Å². The fraction of sp³-hybridized carbons (Fsp3) is 0.160. The molecule has 3 heterocycles. The van der Waals surface area contributed by atoms with E-state index in [1.165, 1.54) is 11.3 Å². The normalized spacial score (nSPS) is 12.6. The van der Waals surface area contributed by atoms with Crippen molar-refractivity contribution >= 4 is 38.7 Å². The quantitative estimate of drug-likeness (QED) is 0.393. The van der Waals surface area contributed by atoms with Crippen molar-refractivity contribution in [2.45, 2.75) is 20.4 Å². The summed E-state index contributed by atoms with van der Waals surface area (Å²) >= 11 is 1.52. The van der Waals surface area contributed by atoms with Crippen molar-refractivity contribution in [3.8, 4) is 11.5 Å². The molecule has 0 N–H and O–H groups in total. The van der Waals surface area contributed by atoms with E-state index in [-0.39, 0.29) is 12.7 Å². The maximum Gasteiger partial charge on any atom is 0.253 e. The van der Waals surface area contributed by atoms with Gasteiger partial charge < -0.3 is 9.47 Å². The molecule has 2 aromatic heterocycles. The monoisotopic (exact) mass is 443 g/mol. The molecule has 0 unspecified atom stereocenters. The van der Waals surface area contributed by atoms with Gasteiger partial charge in [0.15, 0.2) is 16.6 Å². The third-order valence-corrected chi connectivity index (χ3v) is 6.40. The topological polar surface area (TPSA) is 64.6 Å². The molecule has 1 aliphatic heterocycles. The summed E-state index contributed by atoms with van der Waals surface area (Å²) in [4.78, 5) is 24.2. The first-order valence-corrected chi connectivity index (χ1v) is 11.1. The number of rotatable bonds is 5. The van der Waals surface area contributed by atoms with Gasteiger partial charge in [0, 0.05) is 12.3 Å². The Bertz CT molecular complexity index is 1330. The molecule has 2 aromatic carbocycles. The third kappa shape index (κ3) is 4.07. The van der Waals surface area contributed by atoms with E-state index in [4.69, 9.17) is 14.5 Å². The molecule has 0 aliphatic carbocycles. The second-order valence-corrected chi connectivity index (χ2v) is 8.60. The maximum atomic E-state index is 13.3. The van der Waals surface area contributed by atoms with Gasteiger partial charge in [0.2, 0.25) is 6.79 Å². The molecule has 160 valence electrons. The first kappa shape index (κ1) is 20.2. The van der Waals surface area contributed by atoms with Gasteiger partial charge in [0.25, 0.3) is 5.91 Å². The number of carbonyl (C=O) groups excluding carboxylic acids is 1. The van der Waals surface area contributed by atoms with Crippen LogP contribution in [0.5, 0.6) is 11.5 Å². The average Bonchev–Trinajstić information content (AvgIpc) is 3.43. The minimum absolute atomic E-state index is 0.165. The van der Waals surface area contributed by atoms with Crippen LogP contribution in [0.25, 0.3) is 16.3 Å². The SMILES string of the molecule is Cc1cc(C)c2sc(N(Cc3ccccn3)C(=O)/C=C/c3ccc4c(c3)OCO4)nc2c1. The molecule has 0 atom stereocenters. The van der Waals surface area contributed by atoms with Crippen LogP contribution in [0.4, 0.5) is 5.13 Å². The van der Waals surface area contributed by atoms with Gasteiger partial charge in [-0.3, -0.25) is 14.7 Å². The summed E-state index contributed by atoms with van der Waals surface area (Å²) in [6.45, 7) is 4.68. The first-order valence-electron chi connectivity index (χ1n) is 10.2. The molecule has 7 heteroatoms. The van der Waals surface area contributed by atoms with Crippen LogP contribution >= 0.6 is 11.3 Å². The number of pyridine rings is 1.